The SMILES string of the molecule is CC1CCC(=O)C2(C)C3C=CC(C3)C12. The fraction of sp³-hybridized carbons (Fsp3) is 0.769. The molecular weight excluding hydrogens is 172 g/mol. The van der Waals surface area contributed by atoms with Gasteiger partial charge < -0.3 is 0 Å². The first-order valence-electron chi connectivity index (χ1n) is 5.85. The number of ketones is 1. The Labute approximate surface area is 85.6 Å². The van der Waals surface area contributed by atoms with Crippen LogP contribution in [0.1, 0.15) is 33.1 Å². The minimum Gasteiger partial charge on any atom is -0.299 e. The average molecular weight is 190 g/mol. The molecule has 0 saturated heterocycles. The zero-order valence-corrected chi connectivity index (χ0v) is 8.99. The molecule has 5 atom stereocenters. The molecule has 2 bridgehead atoms. The summed E-state index contributed by atoms with van der Waals surface area (Å²) in [5.41, 5.74) is 0.0110. The van der Waals surface area contributed by atoms with Gasteiger partial charge in [0.1, 0.15) is 5.78 Å². The lowest BCUT2D eigenvalue weighted by Crippen LogP contribution is -2.45. The van der Waals surface area contributed by atoms with E-state index in [0.717, 1.165) is 18.8 Å². The van der Waals surface area contributed by atoms with Gasteiger partial charge in [-0.05, 0) is 36.5 Å². The molecule has 3 aliphatic rings. The third-order valence-corrected chi connectivity index (χ3v) is 5.08. The van der Waals surface area contributed by atoms with Crippen LogP contribution in [0.5, 0.6) is 0 Å². The van der Waals surface area contributed by atoms with Crippen LogP contribution in [0.2, 0.25) is 0 Å². The summed E-state index contributed by atoms with van der Waals surface area (Å²) in [5.74, 6) is 3.21. The van der Waals surface area contributed by atoms with Crippen LogP contribution in [0.15, 0.2) is 12.2 Å². The summed E-state index contributed by atoms with van der Waals surface area (Å²) in [5, 5.41) is 0. The predicted octanol–water partition coefficient (Wildman–Crippen LogP) is 2.81. The highest BCUT2D eigenvalue weighted by Gasteiger charge is 2.59. The number of Topliss-reactive ketones (excluding diaryl/α,β-unsaturated/α-hetero) is 1. The van der Waals surface area contributed by atoms with E-state index in [2.05, 4.69) is 26.0 Å². The number of fused-ring (bicyclic) bond motifs is 5. The summed E-state index contributed by atoms with van der Waals surface area (Å²) in [6, 6.07) is 0. The van der Waals surface area contributed by atoms with Gasteiger partial charge in [-0.15, -0.1) is 0 Å². The lowest BCUT2D eigenvalue weighted by atomic mass is 9.58. The van der Waals surface area contributed by atoms with E-state index < -0.39 is 0 Å². The van der Waals surface area contributed by atoms with Gasteiger partial charge in [0.2, 0.25) is 0 Å². The summed E-state index contributed by atoms with van der Waals surface area (Å²) in [6.07, 6.45) is 7.86. The number of hydrogen-bond acceptors (Lipinski definition) is 1. The van der Waals surface area contributed by atoms with Gasteiger partial charge >= 0.3 is 0 Å². The second-order valence-corrected chi connectivity index (χ2v) is 5.64. The van der Waals surface area contributed by atoms with E-state index >= 15 is 0 Å². The van der Waals surface area contributed by atoms with Gasteiger partial charge in [0.15, 0.2) is 0 Å². The zero-order valence-electron chi connectivity index (χ0n) is 8.99. The quantitative estimate of drug-likeness (QED) is 0.537. The van der Waals surface area contributed by atoms with Crippen molar-refractivity contribution in [1.29, 1.82) is 0 Å². The fourth-order valence-electron chi connectivity index (χ4n) is 4.34. The van der Waals surface area contributed by atoms with Crippen molar-refractivity contribution in [2.45, 2.75) is 33.1 Å². The normalized spacial score (nSPS) is 55.1. The third kappa shape index (κ3) is 0.796. The molecule has 0 spiro atoms. The average Bonchev–Trinajstić information content (AvgIpc) is 2.71. The molecule has 0 aliphatic heterocycles. The van der Waals surface area contributed by atoms with E-state index in [1.807, 2.05) is 0 Å². The molecule has 0 heterocycles. The van der Waals surface area contributed by atoms with E-state index in [1.165, 1.54) is 6.42 Å². The van der Waals surface area contributed by atoms with Crippen LogP contribution in [0.3, 0.4) is 0 Å². The molecule has 3 aliphatic carbocycles. The third-order valence-electron chi connectivity index (χ3n) is 5.08. The predicted molar refractivity (Wildman–Crippen MR) is 55.7 cm³/mol. The Morgan fingerprint density at radius 2 is 2.21 bits per heavy atom. The Kier molecular flexibility index (Phi) is 1.55. The van der Waals surface area contributed by atoms with Crippen molar-refractivity contribution in [3.63, 3.8) is 0 Å². The Bertz CT molecular complexity index is 317. The number of allylic oxidation sites excluding steroid dienone is 2. The Morgan fingerprint density at radius 1 is 1.43 bits per heavy atom. The summed E-state index contributed by atoms with van der Waals surface area (Å²) >= 11 is 0. The minimum absolute atomic E-state index is 0.0110. The molecular formula is C13H18O. The molecule has 0 aromatic rings. The lowest BCUT2D eigenvalue weighted by Gasteiger charge is -2.44. The lowest BCUT2D eigenvalue weighted by molar-refractivity contribution is -0.137. The summed E-state index contributed by atoms with van der Waals surface area (Å²) < 4.78 is 0. The first-order chi connectivity index (χ1) is 6.64. The van der Waals surface area contributed by atoms with Gasteiger partial charge in [-0.2, -0.15) is 0 Å². The molecule has 76 valence electrons. The summed E-state index contributed by atoms with van der Waals surface area (Å²) in [7, 11) is 0. The molecule has 2 fully saturated rings. The van der Waals surface area contributed by atoms with Crippen molar-refractivity contribution >= 4 is 5.78 Å². The van der Waals surface area contributed by atoms with Crippen molar-refractivity contribution in [2.24, 2.45) is 29.1 Å². The van der Waals surface area contributed by atoms with E-state index in [9.17, 15) is 4.79 Å². The van der Waals surface area contributed by atoms with Crippen molar-refractivity contribution < 1.29 is 4.79 Å². The molecule has 0 amide bonds. The standard InChI is InChI=1S/C13H18O/c1-8-3-6-11(14)13(2)10-5-4-9(7-10)12(8)13/h4-5,8-10,12H,3,6-7H2,1-2H3. The number of carbonyl (C=O) groups is 1. The topological polar surface area (TPSA) is 17.1 Å². The molecule has 0 radical (unpaired) electrons. The van der Waals surface area contributed by atoms with E-state index in [-0.39, 0.29) is 5.41 Å². The second-order valence-electron chi connectivity index (χ2n) is 5.64. The smallest absolute Gasteiger partial charge is 0.139 e. The van der Waals surface area contributed by atoms with Crippen LogP contribution in [-0.4, -0.2) is 5.78 Å². The molecule has 0 N–H and O–H groups in total. The number of hydrogen-bond donors (Lipinski definition) is 0. The van der Waals surface area contributed by atoms with Crippen LogP contribution >= 0.6 is 0 Å². The van der Waals surface area contributed by atoms with Gasteiger partial charge in [0.05, 0.1) is 0 Å². The van der Waals surface area contributed by atoms with Gasteiger partial charge in [-0.3, -0.25) is 4.79 Å². The maximum atomic E-state index is 12.1. The van der Waals surface area contributed by atoms with E-state index in [0.29, 0.717) is 23.5 Å². The Balaban J connectivity index is 2.08. The molecule has 0 aromatic heterocycles. The maximum Gasteiger partial charge on any atom is 0.139 e. The maximum absolute atomic E-state index is 12.1. The van der Waals surface area contributed by atoms with Crippen molar-refractivity contribution in [3.05, 3.63) is 12.2 Å². The Morgan fingerprint density at radius 3 is 2.93 bits per heavy atom. The Hall–Kier alpha value is -0.590. The molecule has 14 heavy (non-hydrogen) atoms. The highest BCUT2D eigenvalue weighted by molar-refractivity contribution is 5.87. The molecule has 3 rings (SSSR count). The van der Waals surface area contributed by atoms with Crippen LogP contribution in [0.4, 0.5) is 0 Å². The van der Waals surface area contributed by atoms with Crippen LogP contribution in [0.25, 0.3) is 0 Å². The summed E-state index contributed by atoms with van der Waals surface area (Å²) in [4.78, 5) is 12.1. The number of rotatable bonds is 0. The van der Waals surface area contributed by atoms with Gasteiger partial charge in [0, 0.05) is 11.8 Å². The van der Waals surface area contributed by atoms with Crippen LogP contribution < -0.4 is 0 Å². The monoisotopic (exact) mass is 190 g/mol. The molecule has 1 heteroatoms. The largest absolute Gasteiger partial charge is 0.299 e. The van der Waals surface area contributed by atoms with Gasteiger partial charge in [-0.1, -0.05) is 26.0 Å². The zero-order chi connectivity index (χ0) is 9.92. The van der Waals surface area contributed by atoms with E-state index in [4.69, 9.17) is 0 Å². The van der Waals surface area contributed by atoms with Crippen LogP contribution in [-0.2, 0) is 4.79 Å². The molecule has 1 nitrogen and oxygen atoms in total. The van der Waals surface area contributed by atoms with Crippen molar-refractivity contribution in [1.82, 2.24) is 0 Å². The van der Waals surface area contributed by atoms with Crippen LogP contribution in [0, 0.1) is 29.1 Å². The first-order valence-corrected chi connectivity index (χ1v) is 5.85. The van der Waals surface area contributed by atoms with Gasteiger partial charge in [-0.25, -0.2) is 0 Å². The fourth-order valence-corrected chi connectivity index (χ4v) is 4.34. The number of carbonyl (C=O) groups excluding carboxylic acids is 1. The molecule has 2 saturated carbocycles. The van der Waals surface area contributed by atoms with Gasteiger partial charge in [0.25, 0.3) is 0 Å². The first kappa shape index (κ1) is 8.70. The van der Waals surface area contributed by atoms with Crippen molar-refractivity contribution in [3.8, 4) is 0 Å². The molecule has 5 unspecified atom stereocenters. The van der Waals surface area contributed by atoms with E-state index in [1.54, 1.807) is 0 Å². The summed E-state index contributed by atoms with van der Waals surface area (Å²) in [6.45, 7) is 4.56. The highest BCUT2D eigenvalue weighted by atomic mass is 16.1. The highest BCUT2D eigenvalue weighted by Crippen LogP contribution is 2.61. The second kappa shape index (κ2) is 2.50. The van der Waals surface area contributed by atoms with Crippen molar-refractivity contribution in [2.75, 3.05) is 0 Å². The molecule has 0 aromatic carbocycles. The minimum atomic E-state index is 0.0110.